The first-order chi connectivity index (χ1) is 9.58. The molecule has 1 saturated carbocycles. The van der Waals surface area contributed by atoms with Gasteiger partial charge in [-0.1, -0.05) is 24.4 Å². The van der Waals surface area contributed by atoms with Gasteiger partial charge in [-0.15, -0.1) is 12.4 Å². The molecule has 118 valence electrons. The van der Waals surface area contributed by atoms with Crippen LogP contribution in [0, 0.1) is 0 Å². The molecular formula is C15H22Cl2N2O2. The van der Waals surface area contributed by atoms with Gasteiger partial charge in [0.1, 0.15) is 5.75 Å². The summed E-state index contributed by atoms with van der Waals surface area (Å²) in [6, 6.07) is 5.29. The highest BCUT2D eigenvalue weighted by Crippen LogP contribution is 2.29. The minimum absolute atomic E-state index is 0. The summed E-state index contributed by atoms with van der Waals surface area (Å²) in [5.41, 5.74) is 6.40. The van der Waals surface area contributed by atoms with Gasteiger partial charge in [0.05, 0.1) is 19.1 Å². The fourth-order valence-electron chi connectivity index (χ4n) is 2.83. The molecule has 1 aliphatic rings. The van der Waals surface area contributed by atoms with E-state index in [1.165, 1.54) is 0 Å². The Hall–Kier alpha value is -0.970. The first-order valence-corrected chi connectivity index (χ1v) is 7.30. The summed E-state index contributed by atoms with van der Waals surface area (Å²) in [5.74, 6) is 0.649. The topological polar surface area (TPSA) is 64.3 Å². The average molecular weight is 333 g/mol. The molecule has 6 heteroatoms. The van der Waals surface area contributed by atoms with Crippen LogP contribution in [0.3, 0.4) is 0 Å². The van der Waals surface area contributed by atoms with Crippen LogP contribution in [0.15, 0.2) is 18.2 Å². The number of carbonyl (C=O) groups is 1. The van der Waals surface area contributed by atoms with Crippen molar-refractivity contribution in [2.24, 2.45) is 5.73 Å². The average Bonchev–Trinajstić information content (AvgIpc) is 2.88. The van der Waals surface area contributed by atoms with Gasteiger partial charge in [-0.25, -0.2) is 0 Å². The zero-order valence-corrected chi connectivity index (χ0v) is 13.7. The number of amides is 1. The van der Waals surface area contributed by atoms with Crippen LogP contribution in [0.5, 0.6) is 5.75 Å². The van der Waals surface area contributed by atoms with Crippen molar-refractivity contribution in [2.45, 2.75) is 37.6 Å². The molecule has 0 radical (unpaired) electrons. The number of nitrogens with one attached hydrogen (secondary N) is 1. The van der Waals surface area contributed by atoms with Crippen LogP contribution >= 0.6 is 24.0 Å². The summed E-state index contributed by atoms with van der Waals surface area (Å²) >= 11 is 5.97. The van der Waals surface area contributed by atoms with E-state index < -0.39 is 0 Å². The van der Waals surface area contributed by atoms with Crippen molar-refractivity contribution >= 4 is 29.9 Å². The number of hydrogen-bond acceptors (Lipinski definition) is 3. The van der Waals surface area contributed by atoms with Crippen molar-refractivity contribution in [3.63, 3.8) is 0 Å². The Balaban J connectivity index is 0.00000220. The molecule has 1 aromatic carbocycles. The standard InChI is InChI=1S/C15H21ClN2O2.ClH/c1-20-13-5-4-12(16)8-11(13)9-14(19)18-15(10-17)6-2-3-7-15;/h4-5,8H,2-3,6-7,9-10,17H2,1H3,(H,18,19);1H. The lowest BCUT2D eigenvalue weighted by atomic mass is 9.97. The molecule has 1 aliphatic carbocycles. The molecule has 1 amide bonds. The van der Waals surface area contributed by atoms with E-state index in [0.29, 0.717) is 17.3 Å². The van der Waals surface area contributed by atoms with E-state index in [9.17, 15) is 4.79 Å². The largest absolute Gasteiger partial charge is 0.496 e. The molecule has 0 bridgehead atoms. The number of methoxy groups -OCH3 is 1. The van der Waals surface area contributed by atoms with Crippen molar-refractivity contribution in [1.29, 1.82) is 0 Å². The van der Waals surface area contributed by atoms with Crippen LogP contribution in [-0.4, -0.2) is 25.1 Å². The van der Waals surface area contributed by atoms with Crippen molar-refractivity contribution in [1.82, 2.24) is 5.32 Å². The van der Waals surface area contributed by atoms with Crippen LogP contribution in [0.2, 0.25) is 5.02 Å². The van der Waals surface area contributed by atoms with Gasteiger partial charge in [-0.3, -0.25) is 4.79 Å². The minimum Gasteiger partial charge on any atom is -0.496 e. The van der Waals surface area contributed by atoms with Crippen LogP contribution in [-0.2, 0) is 11.2 Å². The van der Waals surface area contributed by atoms with E-state index in [1.807, 2.05) is 0 Å². The number of rotatable bonds is 5. The summed E-state index contributed by atoms with van der Waals surface area (Å²) in [7, 11) is 1.59. The highest BCUT2D eigenvalue weighted by atomic mass is 35.5. The quantitative estimate of drug-likeness (QED) is 0.871. The molecule has 3 N–H and O–H groups in total. The highest BCUT2D eigenvalue weighted by Gasteiger charge is 2.33. The van der Waals surface area contributed by atoms with Gasteiger partial charge in [-0.05, 0) is 31.0 Å². The van der Waals surface area contributed by atoms with Gasteiger partial charge in [0.2, 0.25) is 5.91 Å². The predicted octanol–water partition coefficient (Wildman–Crippen LogP) is 2.70. The highest BCUT2D eigenvalue weighted by molar-refractivity contribution is 6.30. The van der Waals surface area contributed by atoms with Crippen LogP contribution < -0.4 is 15.8 Å². The molecule has 0 aromatic heterocycles. The lowest BCUT2D eigenvalue weighted by molar-refractivity contribution is -0.122. The van der Waals surface area contributed by atoms with Crippen LogP contribution in [0.25, 0.3) is 0 Å². The Morgan fingerprint density at radius 1 is 1.43 bits per heavy atom. The van der Waals surface area contributed by atoms with Crippen LogP contribution in [0.1, 0.15) is 31.2 Å². The molecule has 1 aromatic rings. The third-order valence-electron chi connectivity index (χ3n) is 3.95. The van der Waals surface area contributed by atoms with Gasteiger partial charge in [0.15, 0.2) is 0 Å². The van der Waals surface area contributed by atoms with Crippen molar-refractivity contribution < 1.29 is 9.53 Å². The van der Waals surface area contributed by atoms with Gasteiger partial charge in [-0.2, -0.15) is 0 Å². The van der Waals surface area contributed by atoms with Crippen molar-refractivity contribution in [2.75, 3.05) is 13.7 Å². The Morgan fingerprint density at radius 3 is 2.67 bits per heavy atom. The Kier molecular flexibility index (Phi) is 6.78. The number of benzene rings is 1. The van der Waals surface area contributed by atoms with Crippen molar-refractivity contribution in [3.8, 4) is 5.75 Å². The fourth-order valence-corrected chi connectivity index (χ4v) is 3.02. The van der Waals surface area contributed by atoms with E-state index >= 15 is 0 Å². The lowest BCUT2D eigenvalue weighted by Gasteiger charge is -2.28. The number of halogens is 2. The molecule has 1 fully saturated rings. The summed E-state index contributed by atoms with van der Waals surface area (Å²) < 4.78 is 5.26. The van der Waals surface area contributed by atoms with Gasteiger partial charge < -0.3 is 15.8 Å². The molecule has 0 heterocycles. The Morgan fingerprint density at radius 2 is 2.10 bits per heavy atom. The third kappa shape index (κ3) is 4.50. The molecule has 2 rings (SSSR count). The van der Waals surface area contributed by atoms with E-state index in [1.54, 1.807) is 25.3 Å². The molecule has 0 aliphatic heterocycles. The normalized spacial score (nSPS) is 16.1. The fraction of sp³-hybridized carbons (Fsp3) is 0.533. The zero-order valence-electron chi connectivity index (χ0n) is 12.2. The lowest BCUT2D eigenvalue weighted by Crippen LogP contribution is -2.52. The Bertz CT molecular complexity index is 489. The number of hydrogen-bond donors (Lipinski definition) is 2. The molecule has 21 heavy (non-hydrogen) atoms. The minimum atomic E-state index is -0.219. The predicted molar refractivity (Wildman–Crippen MR) is 87.4 cm³/mol. The molecule has 4 nitrogen and oxygen atoms in total. The molecular weight excluding hydrogens is 311 g/mol. The molecule has 0 unspecified atom stereocenters. The van der Waals surface area contributed by atoms with E-state index in [0.717, 1.165) is 31.2 Å². The molecule has 0 atom stereocenters. The molecule has 0 saturated heterocycles. The molecule has 0 spiro atoms. The summed E-state index contributed by atoms with van der Waals surface area (Å²) in [5, 5.41) is 3.70. The second-order valence-electron chi connectivity index (χ2n) is 5.37. The van der Waals surface area contributed by atoms with E-state index in [4.69, 9.17) is 22.1 Å². The van der Waals surface area contributed by atoms with E-state index in [2.05, 4.69) is 5.32 Å². The van der Waals surface area contributed by atoms with Crippen molar-refractivity contribution in [3.05, 3.63) is 28.8 Å². The van der Waals surface area contributed by atoms with Gasteiger partial charge in [0, 0.05) is 17.1 Å². The monoisotopic (exact) mass is 332 g/mol. The third-order valence-corrected chi connectivity index (χ3v) is 4.18. The smallest absolute Gasteiger partial charge is 0.225 e. The van der Waals surface area contributed by atoms with Crippen LogP contribution in [0.4, 0.5) is 0 Å². The maximum atomic E-state index is 12.2. The van der Waals surface area contributed by atoms with Gasteiger partial charge in [0.25, 0.3) is 0 Å². The van der Waals surface area contributed by atoms with Gasteiger partial charge >= 0.3 is 0 Å². The maximum Gasteiger partial charge on any atom is 0.225 e. The first kappa shape index (κ1) is 18.1. The Labute approximate surface area is 136 Å². The second kappa shape index (κ2) is 7.87. The summed E-state index contributed by atoms with van der Waals surface area (Å²) in [6.07, 6.45) is 4.42. The number of nitrogens with two attached hydrogens (primary N) is 1. The first-order valence-electron chi connectivity index (χ1n) is 6.92. The maximum absolute atomic E-state index is 12.2. The number of carbonyl (C=O) groups excluding carboxylic acids is 1. The number of ether oxygens (including phenoxy) is 1. The summed E-state index contributed by atoms with van der Waals surface area (Å²) in [4.78, 5) is 12.2. The van der Waals surface area contributed by atoms with E-state index in [-0.39, 0.29) is 30.3 Å². The summed E-state index contributed by atoms with van der Waals surface area (Å²) in [6.45, 7) is 0.491. The second-order valence-corrected chi connectivity index (χ2v) is 5.81. The zero-order chi connectivity index (χ0) is 14.6. The SMILES string of the molecule is COc1ccc(Cl)cc1CC(=O)NC1(CN)CCCC1.Cl.